The third-order valence-corrected chi connectivity index (χ3v) is 7.04. The summed E-state index contributed by atoms with van der Waals surface area (Å²) in [7, 11) is 0. The number of halogens is 3. The second-order valence-electron chi connectivity index (χ2n) is 12.1. The number of aryl methyl sites for hydroxylation is 3. The lowest BCUT2D eigenvalue weighted by Crippen LogP contribution is -2.56. The molecule has 0 radical (unpaired) electrons. The second kappa shape index (κ2) is 15.1. The Morgan fingerprint density at radius 2 is 1.51 bits per heavy atom. The lowest BCUT2D eigenvalue weighted by Gasteiger charge is -2.26. The lowest BCUT2D eigenvalue weighted by molar-refractivity contribution is -0.137. The van der Waals surface area contributed by atoms with Gasteiger partial charge in [0, 0.05) is 30.9 Å². The van der Waals surface area contributed by atoms with Gasteiger partial charge in [0.2, 0.25) is 11.8 Å². The van der Waals surface area contributed by atoms with E-state index in [2.05, 4.69) is 32.7 Å². The number of carbonyl (C=O) groups is 3. The van der Waals surface area contributed by atoms with Crippen molar-refractivity contribution in [2.75, 3.05) is 18.4 Å². The normalized spacial score (nSPS) is 12.3. The number of benzene rings is 3. The number of nitrogens with one attached hydrogen (secondary N) is 5. The molecular formula is C34H42F3N5O3. The molecule has 3 amide bonds. The minimum Gasteiger partial charge on any atom is -0.380 e. The van der Waals surface area contributed by atoms with E-state index in [0.29, 0.717) is 6.54 Å². The minimum atomic E-state index is -4.67. The van der Waals surface area contributed by atoms with Gasteiger partial charge < -0.3 is 26.6 Å². The Morgan fingerprint density at radius 3 is 2.16 bits per heavy atom. The number of carbonyl (C=O) groups excluding carboxylic acids is 3. The van der Waals surface area contributed by atoms with E-state index in [1.54, 1.807) is 0 Å². The van der Waals surface area contributed by atoms with E-state index < -0.39 is 47.6 Å². The van der Waals surface area contributed by atoms with Gasteiger partial charge in [-0.15, -0.1) is 0 Å². The van der Waals surface area contributed by atoms with E-state index in [1.165, 1.54) is 6.07 Å². The van der Waals surface area contributed by atoms with Crippen LogP contribution in [0.5, 0.6) is 0 Å². The van der Waals surface area contributed by atoms with E-state index in [1.807, 2.05) is 77.9 Å². The van der Waals surface area contributed by atoms with Gasteiger partial charge >= 0.3 is 6.18 Å². The molecule has 0 aliphatic rings. The van der Waals surface area contributed by atoms with Crippen LogP contribution in [-0.2, 0) is 28.9 Å². The largest absolute Gasteiger partial charge is 0.416 e. The van der Waals surface area contributed by atoms with Crippen LogP contribution in [0.25, 0.3) is 0 Å². The van der Waals surface area contributed by atoms with Crippen molar-refractivity contribution in [2.24, 2.45) is 0 Å². The third-order valence-electron chi connectivity index (χ3n) is 7.04. The molecular weight excluding hydrogens is 583 g/mol. The van der Waals surface area contributed by atoms with Crippen molar-refractivity contribution in [1.29, 1.82) is 0 Å². The topological polar surface area (TPSA) is 111 Å². The Kier molecular flexibility index (Phi) is 11.8. The van der Waals surface area contributed by atoms with Crippen molar-refractivity contribution in [3.8, 4) is 0 Å². The molecule has 3 aromatic rings. The first-order valence-corrected chi connectivity index (χ1v) is 14.7. The Balaban J connectivity index is 1.70. The van der Waals surface area contributed by atoms with E-state index in [-0.39, 0.29) is 24.3 Å². The number of hydrogen-bond donors (Lipinski definition) is 5. The average molecular weight is 626 g/mol. The Hall–Kier alpha value is -4.38. The standard InChI is InChI=1S/C34H42F3N5O3/c1-21-11-12-25(23(3)15-21)17-38-19-29(32(45)42-33(4,5)6)41-30(43)20-40-31(44)27-16-26(34(35,36)37)13-14-28(27)39-18-24-10-8-7-9-22(24)2/h7-16,29,38-39H,17-20H2,1-6H3,(H,40,44)(H,41,43)(H,42,45). The molecule has 0 saturated carbocycles. The molecule has 5 N–H and O–H groups in total. The smallest absolute Gasteiger partial charge is 0.380 e. The Labute approximate surface area is 262 Å². The van der Waals surface area contributed by atoms with Crippen LogP contribution in [0, 0.1) is 20.8 Å². The molecule has 0 aliphatic heterocycles. The van der Waals surface area contributed by atoms with Crippen LogP contribution in [-0.4, -0.2) is 42.4 Å². The van der Waals surface area contributed by atoms with Crippen LogP contribution < -0.4 is 26.6 Å². The molecule has 1 atom stereocenters. The summed E-state index contributed by atoms with van der Waals surface area (Å²) >= 11 is 0. The molecule has 0 aliphatic carbocycles. The molecule has 0 aromatic heterocycles. The maximum absolute atomic E-state index is 13.5. The molecule has 242 valence electrons. The summed E-state index contributed by atoms with van der Waals surface area (Å²) in [5, 5.41) is 14.1. The first-order valence-electron chi connectivity index (χ1n) is 14.7. The second-order valence-corrected chi connectivity index (χ2v) is 12.1. The van der Waals surface area contributed by atoms with Crippen LogP contribution in [0.3, 0.4) is 0 Å². The molecule has 8 nitrogen and oxygen atoms in total. The van der Waals surface area contributed by atoms with Gasteiger partial charge in [0.1, 0.15) is 6.04 Å². The summed E-state index contributed by atoms with van der Waals surface area (Å²) in [6.07, 6.45) is -4.67. The zero-order valence-electron chi connectivity index (χ0n) is 26.5. The lowest BCUT2D eigenvalue weighted by atomic mass is 10.1. The molecule has 0 fully saturated rings. The summed E-state index contributed by atoms with van der Waals surface area (Å²) in [5.74, 6) is -1.96. The van der Waals surface area contributed by atoms with Crippen LogP contribution in [0.2, 0.25) is 0 Å². The van der Waals surface area contributed by atoms with Crippen LogP contribution >= 0.6 is 0 Å². The monoisotopic (exact) mass is 625 g/mol. The summed E-state index contributed by atoms with van der Waals surface area (Å²) in [5.41, 5.74) is 3.52. The Bertz CT molecular complexity index is 1520. The minimum absolute atomic E-state index is 0.107. The third kappa shape index (κ3) is 10.9. The average Bonchev–Trinajstić information content (AvgIpc) is 2.94. The molecule has 0 spiro atoms. The molecule has 3 rings (SSSR count). The maximum Gasteiger partial charge on any atom is 0.416 e. The number of rotatable bonds is 12. The van der Waals surface area contributed by atoms with Crippen molar-refractivity contribution in [3.63, 3.8) is 0 Å². The summed E-state index contributed by atoms with van der Waals surface area (Å²) in [4.78, 5) is 39.1. The number of hydrogen-bond acceptors (Lipinski definition) is 5. The van der Waals surface area contributed by atoms with Gasteiger partial charge in [0.25, 0.3) is 5.91 Å². The zero-order chi connectivity index (χ0) is 33.4. The molecule has 0 saturated heterocycles. The quantitative estimate of drug-likeness (QED) is 0.191. The van der Waals surface area contributed by atoms with Crippen LogP contribution in [0.1, 0.15) is 64.5 Å². The number of anilines is 1. The van der Waals surface area contributed by atoms with Gasteiger partial charge in [-0.2, -0.15) is 13.2 Å². The van der Waals surface area contributed by atoms with Crippen LogP contribution in [0.15, 0.2) is 60.7 Å². The fourth-order valence-corrected chi connectivity index (χ4v) is 4.62. The molecule has 1 unspecified atom stereocenters. The fourth-order valence-electron chi connectivity index (χ4n) is 4.62. The molecule has 11 heteroatoms. The Morgan fingerprint density at radius 1 is 0.822 bits per heavy atom. The van der Waals surface area contributed by atoms with E-state index in [0.717, 1.165) is 39.9 Å². The molecule has 45 heavy (non-hydrogen) atoms. The highest BCUT2D eigenvalue weighted by Crippen LogP contribution is 2.32. The number of alkyl halides is 3. The van der Waals surface area contributed by atoms with Crippen molar-refractivity contribution in [3.05, 3.63) is 99.6 Å². The summed E-state index contributed by atoms with van der Waals surface area (Å²) < 4.78 is 40.5. The van der Waals surface area contributed by atoms with Gasteiger partial charge in [-0.1, -0.05) is 48.0 Å². The SMILES string of the molecule is Cc1ccc(CNCC(NC(=O)CNC(=O)c2cc(C(F)(F)F)ccc2NCc2ccccc2C)C(=O)NC(C)(C)C)c(C)c1. The molecule has 0 heterocycles. The van der Waals surface area contributed by atoms with Crippen molar-refractivity contribution in [1.82, 2.24) is 21.3 Å². The summed E-state index contributed by atoms with van der Waals surface area (Å²) in [6, 6.07) is 15.4. The predicted molar refractivity (Wildman–Crippen MR) is 170 cm³/mol. The maximum atomic E-state index is 13.5. The van der Waals surface area contributed by atoms with E-state index in [9.17, 15) is 27.6 Å². The molecule has 0 bridgehead atoms. The first-order chi connectivity index (χ1) is 21.0. The first kappa shape index (κ1) is 35.1. The summed E-state index contributed by atoms with van der Waals surface area (Å²) in [6.45, 7) is 11.6. The fraction of sp³-hybridized carbons (Fsp3) is 0.382. The van der Waals surface area contributed by atoms with Crippen molar-refractivity contribution in [2.45, 2.75) is 72.4 Å². The molecule has 3 aromatic carbocycles. The zero-order valence-corrected chi connectivity index (χ0v) is 26.5. The highest BCUT2D eigenvalue weighted by molar-refractivity contribution is 6.01. The van der Waals surface area contributed by atoms with Gasteiger partial charge in [-0.25, -0.2) is 0 Å². The van der Waals surface area contributed by atoms with Gasteiger partial charge in [-0.05, 0) is 82.0 Å². The van der Waals surface area contributed by atoms with Gasteiger partial charge in [0.15, 0.2) is 0 Å². The van der Waals surface area contributed by atoms with Gasteiger partial charge in [-0.3, -0.25) is 14.4 Å². The predicted octanol–water partition coefficient (Wildman–Crippen LogP) is 5.16. The highest BCUT2D eigenvalue weighted by Gasteiger charge is 2.32. The number of amides is 3. The van der Waals surface area contributed by atoms with E-state index >= 15 is 0 Å². The van der Waals surface area contributed by atoms with Gasteiger partial charge in [0.05, 0.1) is 17.7 Å². The van der Waals surface area contributed by atoms with Crippen molar-refractivity contribution < 1.29 is 27.6 Å². The van der Waals surface area contributed by atoms with Crippen molar-refractivity contribution >= 4 is 23.4 Å². The van der Waals surface area contributed by atoms with E-state index in [4.69, 9.17) is 0 Å². The van der Waals surface area contributed by atoms with Crippen LogP contribution in [0.4, 0.5) is 18.9 Å². The highest BCUT2D eigenvalue weighted by atomic mass is 19.4.